The van der Waals surface area contributed by atoms with E-state index in [0.717, 1.165) is 16.7 Å². The highest BCUT2D eigenvalue weighted by Crippen LogP contribution is 2.29. The van der Waals surface area contributed by atoms with Gasteiger partial charge < -0.3 is 4.74 Å². The Morgan fingerprint density at radius 1 is 0.905 bits per heavy atom. The molecule has 0 radical (unpaired) electrons. The first-order chi connectivity index (χ1) is 10.3. The van der Waals surface area contributed by atoms with Crippen LogP contribution in [0.1, 0.15) is 16.7 Å². The van der Waals surface area contributed by atoms with Crippen LogP contribution >= 0.6 is 0 Å². The van der Waals surface area contributed by atoms with Gasteiger partial charge in [-0.2, -0.15) is 0 Å². The number of hydrogen-bond acceptors (Lipinski definition) is 1. The quantitative estimate of drug-likeness (QED) is 0.621. The minimum absolute atomic E-state index is 0.581. The van der Waals surface area contributed by atoms with Gasteiger partial charge in [0.15, 0.2) is 0 Å². The lowest BCUT2D eigenvalue weighted by Crippen LogP contribution is -1.96. The van der Waals surface area contributed by atoms with Crippen molar-refractivity contribution in [2.45, 2.75) is 13.5 Å². The van der Waals surface area contributed by atoms with Gasteiger partial charge >= 0.3 is 0 Å². The van der Waals surface area contributed by atoms with Gasteiger partial charge in [-0.25, -0.2) is 0 Å². The second-order valence-electron chi connectivity index (χ2n) is 5.18. The standard InChI is InChI=1S/C20H18O/c1-3-17-12-13-20(19-7-5-4-6-18(17)19)21-14-16-10-8-15(2)9-11-16/h3-13H,1,14H2,2H3. The Morgan fingerprint density at radius 3 is 2.33 bits per heavy atom. The molecule has 1 nitrogen and oxygen atoms in total. The van der Waals surface area contributed by atoms with E-state index in [1.807, 2.05) is 24.3 Å². The highest BCUT2D eigenvalue weighted by Gasteiger charge is 2.05. The number of hydrogen-bond donors (Lipinski definition) is 0. The number of fused-ring (bicyclic) bond motifs is 1. The van der Waals surface area contributed by atoms with Gasteiger partial charge in [0.25, 0.3) is 0 Å². The summed E-state index contributed by atoms with van der Waals surface area (Å²) >= 11 is 0. The van der Waals surface area contributed by atoms with Crippen LogP contribution in [0.2, 0.25) is 0 Å². The first-order valence-corrected chi connectivity index (χ1v) is 7.10. The minimum atomic E-state index is 0.581. The molecule has 3 rings (SSSR count). The Bertz CT molecular complexity index is 769. The molecule has 0 aliphatic rings. The normalized spacial score (nSPS) is 10.5. The molecule has 0 unspecified atom stereocenters. The van der Waals surface area contributed by atoms with Crippen molar-refractivity contribution in [1.29, 1.82) is 0 Å². The van der Waals surface area contributed by atoms with Crippen LogP contribution in [0.5, 0.6) is 5.75 Å². The van der Waals surface area contributed by atoms with Gasteiger partial charge in [0.2, 0.25) is 0 Å². The van der Waals surface area contributed by atoms with Crippen LogP contribution < -0.4 is 4.74 Å². The molecule has 0 aliphatic carbocycles. The summed E-state index contributed by atoms with van der Waals surface area (Å²) in [7, 11) is 0. The van der Waals surface area contributed by atoms with Crippen LogP contribution in [-0.2, 0) is 6.61 Å². The van der Waals surface area contributed by atoms with E-state index in [1.54, 1.807) is 0 Å². The molecule has 104 valence electrons. The van der Waals surface area contributed by atoms with Gasteiger partial charge in [0.1, 0.15) is 12.4 Å². The van der Waals surface area contributed by atoms with Crippen molar-refractivity contribution in [2.24, 2.45) is 0 Å². The maximum Gasteiger partial charge on any atom is 0.127 e. The smallest absolute Gasteiger partial charge is 0.127 e. The largest absolute Gasteiger partial charge is 0.488 e. The summed E-state index contributed by atoms with van der Waals surface area (Å²) in [5.41, 5.74) is 3.57. The molecule has 0 saturated heterocycles. The van der Waals surface area contributed by atoms with Crippen LogP contribution in [0.25, 0.3) is 16.8 Å². The second kappa shape index (κ2) is 5.84. The van der Waals surface area contributed by atoms with Gasteiger partial charge in [0.05, 0.1) is 0 Å². The fraction of sp³-hybridized carbons (Fsp3) is 0.100. The Hall–Kier alpha value is -2.54. The summed E-state index contributed by atoms with van der Waals surface area (Å²) in [6.07, 6.45) is 1.88. The Kier molecular flexibility index (Phi) is 3.74. The molecular weight excluding hydrogens is 256 g/mol. The highest BCUT2D eigenvalue weighted by atomic mass is 16.5. The molecule has 0 atom stereocenters. The average Bonchev–Trinajstić information content (AvgIpc) is 2.54. The van der Waals surface area contributed by atoms with E-state index in [4.69, 9.17) is 4.74 Å². The van der Waals surface area contributed by atoms with Crippen molar-refractivity contribution in [3.05, 3.63) is 83.9 Å². The fourth-order valence-electron chi connectivity index (χ4n) is 2.44. The van der Waals surface area contributed by atoms with Crippen molar-refractivity contribution < 1.29 is 4.74 Å². The zero-order valence-electron chi connectivity index (χ0n) is 12.2. The first kappa shape index (κ1) is 13.4. The molecule has 0 spiro atoms. The van der Waals surface area contributed by atoms with E-state index in [0.29, 0.717) is 6.61 Å². The number of aryl methyl sites for hydroxylation is 1. The Labute approximate surface area is 125 Å². The first-order valence-electron chi connectivity index (χ1n) is 7.10. The van der Waals surface area contributed by atoms with Gasteiger partial charge in [-0.3, -0.25) is 0 Å². The maximum atomic E-state index is 6.01. The summed E-state index contributed by atoms with van der Waals surface area (Å²) in [5.74, 6) is 0.914. The van der Waals surface area contributed by atoms with E-state index in [-0.39, 0.29) is 0 Å². The molecule has 21 heavy (non-hydrogen) atoms. The van der Waals surface area contributed by atoms with Gasteiger partial charge in [0, 0.05) is 5.39 Å². The van der Waals surface area contributed by atoms with Crippen LogP contribution in [0.15, 0.2) is 67.2 Å². The van der Waals surface area contributed by atoms with E-state index in [2.05, 4.69) is 56.0 Å². The fourth-order valence-corrected chi connectivity index (χ4v) is 2.44. The average molecular weight is 274 g/mol. The zero-order chi connectivity index (χ0) is 14.7. The molecule has 0 heterocycles. The van der Waals surface area contributed by atoms with E-state index >= 15 is 0 Å². The predicted octanol–water partition coefficient (Wildman–Crippen LogP) is 5.37. The van der Waals surface area contributed by atoms with Gasteiger partial charge in [-0.05, 0) is 29.5 Å². The van der Waals surface area contributed by atoms with Crippen LogP contribution in [-0.4, -0.2) is 0 Å². The zero-order valence-corrected chi connectivity index (χ0v) is 12.2. The van der Waals surface area contributed by atoms with E-state index < -0.39 is 0 Å². The summed E-state index contributed by atoms with van der Waals surface area (Å²) in [4.78, 5) is 0. The SMILES string of the molecule is C=Cc1ccc(OCc2ccc(C)cc2)c2ccccc12. The molecule has 0 N–H and O–H groups in total. The van der Waals surface area contributed by atoms with Crippen LogP contribution in [0.4, 0.5) is 0 Å². The van der Waals surface area contributed by atoms with Gasteiger partial charge in [-0.1, -0.05) is 72.8 Å². The third-order valence-electron chi connectivity index (χ3n) is 3.65. The summed E-state index contributed by atoms with van der Waals surface area (Å²) in [5, 5.41) is 2.30. The lowest BCUT2D eigenvalue weighted by atomic mass is 10.0. The number of rotatable bonds is 4. The van der Waals surface area contributed by atoms with Crippen molar-refractivity contribution in [3.63, 3.8) is 0 Å². The summed E-state index contributed by atoms with van der Waals surface area (Å²) in [6.45, 7) is 6.54. The van der Waals surface area contributed by atoms with Crippen molar-refractivity contribution in [3.8, 4) is 5.75 Å². The maximum absolute atomic E-state index is 6.01. The molecular formula is C20H18O. The van der Waals surface area contributed by atoms with Gasteiger partial charge in [-0.15, -0.1) is 0 Å². The topological polar surface area (TPSA) is 9.23 Å². The third kappa shape index (κ3) is 2.82. The van der Waals surface area contributed by atoms with Crippen molar-refractivity contribution >= 4 is 16.8 Å². The molecule has 0 aromatic heterocycles. The molecule has 3 aromatic rings. The van der Waals surface area contributed by atoms with Crippen LogP contribution in [0, 0.1) is 6.92 Å². The second-order valence-corrected chi connectivity index (χ2v) is 5.18. The molecule has 0 aliphatic heterocycles. The van der Waals surface area contributed by atoms with Crippen molar-refractivity contribution in [1.82, 2.24) is 0 Å². The highest BCUT2D eigenvalue weighted by molar-refractivity contribution is 5.94. The van der Waals surface area contributed by atoms with E-state index in [9.17, 15) is 0 Å². The third-order valence-corrected chi connectivity index (χ3v) is 3.65. The molecule has 0 bridgehead atoms. The minimum Gasteiger partial charge on any atom is -0.488 e. The Balaban J connectivity index is 1.90. The summed E-state index contributed by atoms with van der Waals surface area (Å²) in [6, 6.07) is 20.8. The van der Waals surface area contributed by atoms with Crippen LogP contribution in [0.3, 0.4) is 0 Å². The lowest BCUT2D eigenvalue weighted by molar-refractivity contribution is 0.310. The Morgan fingerprint density at radius 2 is 1.62 bits per heavy atom. The van der Waals surface area contributed by atoms with E-state index in [1.165, 1.54) is 16.5 Å². The monoisotopic (exact) mass is 274 g/mol. The molecule has 1 heteroatoms. The molecule has 0 fully saturated rings. The van der Waals surface area contributed by atoms with Crippen molar-refractivity contribution in [2.75, 3.05) is 0 Å². The molecule has 0 amide bonds. The lowest BCUT2D eigenvalue weighted by Gasteiger charge is -2.11. The predicted molar refractivity (Wildman–Crippen MR) is 89.6 cm³/mol. The molecule has 0 saturated carbocycles. The molecule has 3 aromatic carbocycles. The number of ether oxygens (including phenoxy) is 1. The summed E-state index contributed by atoms with van der Waals surface area (Å²) < 4.78 is 6.01. The number of benzene rings is 3.